The average molecular weight is 224 g/mol. The monoisotopic (exact) mass is 224 g/mol. The van der Waals surface area contributed by atoms with E-state index in [1.54, 1.807) is 13.2 Å². The Bertz CT molecular complexity index is 374. The van der Waals surface area contributed by atoms with Gasteiger partial charge < -0.3 is 4.74 Å². The highest BCUT2D eigenvalue weighted by Gasteiger charge is 2.11. The van der Waals surface area contributed by atoms with Crippen molar-refractivity contribution in [2.45, 2.75) is 32.8 Å². The summed E-state index contributed by atoms with van der Waals surface area (Å²) in [5.74, 6) is -0.394. The molecule has 88 valence electrons. The largest absolute Gasteiger partial charge is 0.382 e. The molecule has 1 unspecified atom stereocenters. The summed E-state index contributed by atoms with van der Waals surface area (Å²) in [6.07, 6.45) is 1.10. The minimum Gasteiger partial charge on any atom is -0.382 e. The van der Waals surface area contributed by atoms with E-state index in [4.69, 9.17) is 4.74 Å². The summed E-state index contributed by atoms with van der Waals surface area (Å²) < 4.78 is 18.1. The molecule has 3 heteroatoms. The minimum atomic E-state index is -0.367. The summed E-state index contributed by atoms with van der Waals surface area (Å²) in [6.45, 7) is 3.72. The van der Waals surface area contributed by atoms with Crippen LogP contribution < -0.4 is 0 Å². The molecule has 0 aliphatic carbocycles. The van der Waals surface area contributed by atoms with Crippen LogP contribution in [0.4, 0.5) is 4.39 Å². The van der Waals surface area contributed by atoms with Crippen LogP contribution >= 0.6 is 0 Å². The summed E-state index contributed by atoms with van der Waals surface area (Å²) in [5, 5.41) is 0. The lowest BCUT2D eigenvalue weighted by Gasteiger charge is -2.09. The van der Waals surface area contributed by atoms with Crippen molar-refractivity contribution in [3.8, 4) is 0 Å². The zero-order valence-electron chi connectivity index (χ0n) is 9.92. The molecule has 0 fully saturated rings. The van der Waals surface area contributed by atoms with Gasteiger partial charge in [0.05, 0.1) is 6.10 Å². The number of carbonyl (C=O) groups excluding carboxylic acids is 1. The third-order valence-corrected chi connectivity index (χ3v) is 2.68. The lowest BCUT2D eigenvalue weighted by atomic mass is 10.0. The Hall–Kier alpha value is -1.22. The maximum Gasteiger partial charge on any atom is 0.163 e. The summed E-state index contributed by atoms with van der Waals surface area (Å²) in [4.78, 5) is 11.8. The van der Waals surface area contributed by atoms with Crippen molar-refractivity contribution in [1.29, 1.82) is 0 Å². The average Bonchev–Trinajstić information content (AvgIpc) is 2.28. The Labute approximate surface area is 95.4 Å². The minimum absolute atomic E-state index is 0.0269. The van der Waals surface area contributed by atoms with Crippen LogP contribution in [0.2, 0.25) is 0 Å². The molecular weight excluding hydrogens is 207 g/mol. The molecule has 1 aromatic carbocycles. The lowest BCUT2D eigenvalue weighted by Crippen LogP contribution is -2.09. The zero-order valence-corrected chi connectivity index (χ0v) is 9.92. The number of methoxy groups -OCH3 is 1. The van der Waals surface area contributed by atoms with Crippen molar-refractivity contribution < 1.29 is 13.9 Å². The molecule has 1 aromatic rings. The summed E-state index contributed by atoms with van der Waals surface area (Å²) in [5.41, 5.74) is 1.29. The predicted molar refractivity (Wildman–Crippen MR) is 61.2 cm³/mol. The molecule has 0 amide bonds. The van der Waals surface area contributed by atoms with E-state index < -0.39 is 0 Å². The van der Waals surface area contributed by atoms with Crippen LogP contribution in [-0.2, 0) is 4.74 Å². The molecule has 1 rings (SSSR count). The Balaban J connectivity index is 2.69. The first-order valence-electron chi connectivity index (χ1n) is 5.36. The Morgan fingerprint density at radius 3 is 2.81 bits per heavy atom. The van der Waals surface area contributed by atoms with Crippen LogP contribution in [0, 0.1) is 12.7 Å². The lowest BCUT2D eigenvalue weighted by molar-refractivity contribution is 0.0877. The van der Waals surface area contributed by atoms with Crippen molar-refractivity contribution in [2.75, 3.05) is 7.11 Å². The summed E-state index contributed by atoms with van der Waals surface area (Å²) in [6, 6.07) is 4.29. The molecule has 0 aromatic heterocycles. The second-order valence-electron chi connectivity index (χ2n) is 3.97. The van der Waals surface area contributed by atoms with Crippen molar-refractivity contribution in [2.24, 2.45) is 0 Å². The molecule has 0 saturated carbocycles. The number of hydrogen-bond acceptors (Lipinski definition) is 2. The Kier molecular flexibility index (Phi) is 4.62. The fourth-order valence-corrected chi connectivity index (χ4v) is 1.48. The van der Waals surface area contributed by atoms with Gasteiger partial charge in [0.1, 0.15) is 5.82 Å². The molecule has 0 spiro atoms. The second kappa shape index (κ2) is 5.75. The SMILES string of the molecule is COC(C)CCC(=O)c1cc(F)ccc1C. The van der Waals surface area contributed by atoms with E-state index >= 15 is 0 Å². The van der Waals surface area contributed by atoms with Crippen LogP contribution in [0.15, 0.2) is 18.2 Å². The standard InChI is InChI=1S/C13H17FO2/c1-9-4-6-11(14)8-12(9)13(15)7-5-10(2)16-3/h4,6,8,10H,5,7H2,1-3H3. The number of Topliss-reactive ketones (excluding diaryl/α,β-unsaturated/α-hetero) is 1. The molecule has 2 nitrogen and oxygen atoms in total. The van der Waals surface area contributed by atoms with E-state index in [2.05, 4.69) is 0 Å². The van der Waals surface area contributed by atoms with Gasteiger partial charge in [-0.2, -0.15) is 0 Å². The molecule has 0 aliphatic rings. The van der Waals surface area contributed by atoms with Gasteiger partial charge in [0, 0.05) is 19.1 Å². The van der Waals surface area contributed by atoms with Gasteiger partial charge in [0.15, 0.2) is 5.78 Å². The molecule has 0 saturated heterocycles. The van der Waals surface area contributed by atoms with E-state index in [9.17, 15) is 9.18 Å². The third kappa shape index (κ3) is 3.42. The van der Waals surface area contributed by atoms with Crippen molar-refractivity contribution in [1.82, 2.24) is 0 Å². The number of carbonyl (C=O) groups is 1. The molecule has 16 heavy (non-hydrogen) atoms. The fourth-order valence-electron chi connectivity index (χ4n) is 1.48. The van der Waals surface area contributed by atoms with E-state index in [1.807, 2.05) is 13.8 Å². The van der Waals surface area contributed by atoms with Crippen LogP contribution in [-0.4, -0.2) is 19.0 Å². The van der Waals surface area contributed by atoms with E-state index in [-0.39, 0.29) is 17.7 Å². The Morgan fingerprint density at radius 2 is 2.19 bits per heavy atom. The van der Waals surface area contributed by atoms with Crippen LogP contribution in [0.1, 0.15) is 35.7 Å². The molecule has 0 radical (unpaired) electrons. The molecule has 0 N–H and O–H groups in total. The first kappa shape index (κ1) is 12.8. The molecular formula is C13H17FO2. The second-order valence-corrected chi connectivity index (χ2v) is 3.97. The van der Waals surface area contributed by atoms with Gasteiger partial charge in [0.25, 0.3) is 0 Å². The number of halogens is 1. The number of benzene rings is 1. The summed E-state index contributed by atoms with van der Waals surface area (Å²) >= 11 is 0. The van der Waals surface area contributed by atoms with E-state index in [0.717, 1.165) is 5.56 Å². The zero-order chi connectivity index (χ0) is 12.1. The van der Waals surface area contributed by atoms with Gasteiger partial charge in [-0.05, 0) is 38.0 Å². The van der Waals surface area contributed by atoms with Gasteiger partial charge in [-0.25, -0.2) is 4.39 Å². The van der Waals surface area contributed by atoms with Crippen LogP contribution in [0.3, 0.4) is 0 Å². The maximum atomic E-state index is 13.0. The van der Waals surface area contributed by atoms with Crippen molar-refractivity contribution in [3.05, 3.63) is 35.1 Å². The first-order valence-corrected chi connectivity index (χ1v) is 5.36. The first-order chi connectivity index (χ1) is 7.54. The topological polar surface area (TPSA) is 26.3 Å². The number of ether oxygens (including phenoxy) is 1. The normalized spacial score (nSPS) is 12.5. The van der Waals surface area contributed by atoms with E-state index in [1.165, 1.54) is 12.1 Å². The van der Waals surface area contributed by atoms with Gasteiger partial charge in [-0.15, -0.1) is 0 Å². The molecule has 0 heterocycles. The van der Waals surface area contributed by atoms with Gasteiger partial charge in [-0.3, -0.25) is 4.79 Å². The van der Waals surface area contributed by atoms with Crippen LogP contribution in [0.25, 0.3) is 0 Å². The molecule has 0 bridgehead atoms. The summed E-state index contributed by atoms with van der Waals surface area (Å²) in [7, 11) is 1.61. The fraction of sp³-hybridized carbons (Fsp3) is 0.462. The van der Waals surface area contributed by atoms with Crippen molar-refractivity contribution >= 4 is 5.78 Å². The van der Waals surface area contributed by atoms with Gasteiger partial charge in [-0.1, -0.05) is 6.07 Å². The van der Waals surface area contributed by atoms with Gasteiger partial charge in [0.2, 0.25) is 0 Å². The maximum absolute atomic E-state index is 13.0. The number of aryl methyl sites for hydroxylation is 1. The Morgan fingerprint density at radius 1 is 1.50 bits per heavy atom. The van der Waals surface area contributed by atoms with Gasteiger partial charge >= 0.3 is 0 Å². The predicted octanol–water partition coefficient (Wildman–Crippen LogP) is 3.13. The number of rotatable bonds is 5. The smallest absolute Gasteiger partial charge is 0.163 e. The highest BCUT2D eigenvalue weighted by Crippen LogP contribution is 2.14. The van der Waals surface area contributed by atoms with Crippen LogP contribution in [0.5, 0.6) is 0 Å². The molecule has 0 aliphatic heterocycles. The molecule has 1 atom stereocenters. The highest BCUT2D eigenvalue weighted by molar-refractivity contribution is 5.97. The van der Waals surface area contributed by atoms with Crippen molar-refractivity contribution in [3.63, 3.8) is 0 Å². The number of hydrogen-bond donors (Lipinski definition) is 0. The highest BCUT2D eigenvalue weighted by atomic mass is 19.1. The van der Waals surface area contributed by atoms with E-state index in [0.29, 0.717) is 18.4 Å². The third-order valence-electron chi connectivity index (χ3n) is 2.68. The number of ketones is 1. The quantitative estimate of drug-likeness (QED) is 0.718.